The van der Waals surface area contributed by atoms with Gasteiger partial charge in [0.2, 0.25) is 0 Å². The molecule has 0 saturated heterocycles. The maximum atomic E-state index is 12.4. The molecule has 0 bridgehead atoms. The minimum Gasteiger partial charge on any atom is -0.508 e. The van der Waals surface area contributed by atoms with E-state index in [9.17, 15) is 15.2 Å². The van der Waals surface area contributed by atoms with Gasteiger partial charge >= 0.3 is 0 Å². The van der Waals surface area contributed by atoms with E-state index in [1.807, 2.05) is 45.0 Å². The highest BCUT2D eigenvalue weighted by Gasteiger charge is 2.15. The summed E-state index contributed by atoms with van der Waals surface area (Å²) in [5.41, 5.74) is 3.95. The number of carbonyl (C=O) groups excluding carboxylic acids is 1. The molecule has 0 aliphatic rings. The maximum Gasteiger partial charge on any atom is 0.262 e. The molecule has 0 aliphatic carbocycles. The number of carbonyl (C=O) groups is 1. The summed E-state index contributed by atoms with van der Waals surface area (Å²) in [6.45, 7) is 5.90. The third-order valence-electron chi connectivity index (χ3n) is 3.82. The van der Waals surface area contributed by atoms with E-state index in [4.69, 9.17) is 0 Å². The first-order valence-electron chi connectivity index (χ1n) is 7.69. The van der Waals surface area contributed by atoms with Crippen LogP contribution in [0.2, 0.25) is 0 Å². The summed E-state index contributed by atoms with van der Waals surface area (Å²) in [4.78, 5) is 12.4. The number of nitrogens with one attached hydrogen (secondary N) is 1. The molecule has 0 spiro atoms. The standard InChI is InChI=1S/C20H20N2O2/c1-13-4-5-14(2)19(10-13)15(3)22-20(24)17(12-21)11-16-6-8-18(23)9-7-16/h4-11,15,23H,1-3H3,(H,22,24)/b17-11+. The van der Waals surface area contributed by atoms with Crippen LogP contribution < -0.4 is 5.32 Å². The minimum atomic E-state index is -0.418. The Labute approximate surface area is 142 Å². The van der Waals surface area contributed by atoms with Crippen molar-refractivity contribution in [2.45, 2.75) is 26.8 Å². The summed E-state index contributed by atoms with van der Waals surface area (Å²) >= 11 is 0. The number of benzene rings is 2. The van der Waals surface area contributed by atoms with Crippen LogP contribution in [0.4, 0.5) is 0 Å². The molecular weight excluding hydrogens is 300 g/mol. The number of phenols is 1. The summed E-state index contributed by atoms with van der Waals surface area (Å²) in [5, 5.41) is 21.4. The van der Waals surface area contributed by atoms with Crippen molar-refractivity contribution in [3.8, 4) is 11.8 Å². The lowest BCUT2D eigenvalue weighted by molar-refractivity contribution is -0.117. The van der Waals surface area contributed by atoms with Gasteiger partial charge in [-0.2, -0.15) is 5.26 Å². The topological polar surface area (TPSA) is 73.1 Å². The van der Waals surface area contributed by atoms with E-state index in [0.29, 0.717) is 5.56 Å². The number of amides is 1. The third-order valence-corrected chi connectivity index (χ3v) is 3.82. The van der Waals surface area contributed by atoms with Crippen LogP contribution in [0.25, 0.3) is 6.08 Å². The van der Waals surface area contributed by atoms with E-state index in [2.05, 4.69) is 5.32 Å². The molecule has 0 fully saturated rings. The number of aryl methyl sites for hydroxylation is 2. The van der Waals surface area contributed by atoms with Crippen molar-refractivity contribution in [3.63, 3.8) is 0 Å². The van der Waals surface area contributed by atoms with Crippen molar-refractivity contribution in [1.82, 2.24) is 5.32 Å². The molecule has 1 amide bonds. The van der Waals surface area contributed by atoms with Gasteiger partial charge in [0.05, 0.1) is 6.04 Å². The fraction of sp³-hybridized carbons (Fsp3) is 0.200. The van der Waals surface area contributed by atoms with Gasteiger partial charge in [0.1, 0.15) is 17.4 Å². The van der Waals surface area contributed by atoms with Crippen molar-refractivity contribution in [2.75, 3.05) is 0 Å². The molecule has 4 nitrogen and oxygen atoms in total. The van der Waals surface area contributed by atoms with E-state index in [1.165, 1.54) is 18.2 Å². The van der Waals surface area contributed by atoms with Gasteiger partial charge in [0, 0.05) is 0 Å². The van der Waals surface area contributed by atoms with Crippen molar-refractivity contribution in [1.29, 1.82) is 5.26 Å². The van der Waals surface area contributed by atoms with Crippen LogP contribution in [0.5, 0.6) is 5.75 Å². The zero-order valence-electron chi connectivity index (χ0n) is 14.0. The zero-order chi connectivity index (χ0) is 17.7. The van der Waals surface area contributed by atoms with Crippen molar-refractivity contribution in [3.05, 3.63) is 70.3 Å². The SMILES string of the molecule is Cc1ccc(C)c(C(C)NC(=O)/C(C#N)=C/c2ccc(O)cc2)c1. The molecule has 2 N–H and O–H groups in total. The summed E-state index contributed by atoms with van der Waals surface area (Å²) in [6, 6.07) is 14.1. The van der Waals surface area contributed by atoms with Gasteiger partial charge in [-0.05, 0) is 55.7 Å². The first-order valence-corrected chi connectivity index (χ1v) is 7.69. The lowest BCUT2D eigenvalue weighted by Crippen LogP contribution is -2.28. The lowest BCUT2D eigenvalue weighted by atomic mass is 9.99. The number of nitriles is 1. The molecule has 2 aromatic carbocycles. The van der Waals surface area contributed by atoms with Crippen molar-refractivity contribution in [2.24, 2.45) is 0 Å². The van der Waals surface area contributed by atoms with Gasteiger partial charge in [-0.1, -0.05) is 35.9 Å². The second-order valence-electron chi connectivity index (χ2n) is 5.82. The van der Waals surface area contributed by atoms with Gasteiger partial charge in [-0.15, -0.1) is 0 Å². The fourth-order valence-corrected chi connectivity index (χ4v) is 2.46. The molecule has 24 heavy (non-hydrogen) atoms. The molecule has 1 unspecified atom stereocenters. The monoisotopic (exact) mass is 320 g/mol. The van der Waals surface area contributed by atoms with Crippen LogP contribution in [-0.4, -0.2) is 11.0 Å². The molecule has 0 radical (unpaired) electrons. The first kappa shape index (κ1) is 17.3. The molecule has 1 atom stereocenters. The van der Waals surface area contributed by atoms with Gasteiger partial charge in [-0.25, -0.2) is 0 Å². The van der Waals surface area contributed by atoms with Crippen LogP contribution in [0, 0.1) is 25.2 Å². The van der Waals surface area contributed by atoms with Crippen LogP contribution in [0.1, 0.15) is 35.2 Å². The van der Waals surface area contributed by atoms with Gasteiger partial charge in [0.15, 0.2) is 0 Å². The Balaban J connectivity index is 2.19. The molecular formula is C20H20N2O2. The lowest BCUT2D eigenvalue weighted by Gasteiger charge is -2.17. The largest absolute Gasteiger partial charge is 0.508 e. The van der Waals surface area contributed by atoms with E-state index in [-0.39, 0.29) is 17.4 Å². The predicted octanol–water partition coefficient (Wildman–Crippen LogP) is 3.79. The van der Waals surface area contributed by atoms with Gasteiger partial charge in [-0.3, -0.25) is 4.79 Å². The number of hydrogen-bond donors (Lipinski definition) is 2. The highest BCUT2D eigenvalue weighted by molar-refractivity contribution is 6.01. The number of hydrogen-bond acceptors (Lipinski definition) is 3. The Kier molecular flexibility index (Phi) is 5.39. The average molecular weight is 320 g/mol. The molecule has 0 aliphatic heterocycles. The van der Waals surface area contributed by atoms with E-state index >= 15 is 0 Å². The maximum absolute atomic E-state index is 12.4. The van der Waals surface area contributed by atoms with E-state index in [0.717, 1.165) is 16.7 Å². The fourth-order valence-electron chi connectivity index (χ4n) is 2.46. The van der Waals surface area contributed by atoms with Crippen LogP contribution in [0.15, 0.2) is 48.0 Å². The normalized spacial score (nSPS) is 12.3. The number of rotatable bonds is 4. The summed E-state index contributed by atoms with van der Waals surface area (Å²) in [7, 11) is 0. The highest BCUT2D eigenvalue weighted by Crippen LogP contribution is 2.20. The van der Waals surface area contributed by atoms with Crippen molar-refractivity contribution >= 4 is 12.0 Å². The number of aromatic hydroxyl groups is 1. The summed E-state index contributed by atoms with van der Waals surface area (Å²) < 4.78 is 0. The molecule has 2 aromatic rings. The van der Waals surface area contributed by atoms with E-state index < -0.39 is 5.91 Å². The Morgan fingerprint density at radius 2 is 1.88 bits per heavy atom. The van der Waals surface area contributed by atoms with Crippen LogP contribution in [0.3, 0.4) is 0 Å². The summed E-state index contributed by atoms with van der Waals surface area (Å²) in [6.07, 6.45) is 1.50. The zero-order valence-corrected chi connectivity index (χ0v) is 14.0. The molecule has 2 rings (SSSR count). The third kappa shape index (κ3) is 4.23. The Bertz CT molecular complexity index is 815. The Morgan fingerprint density at radius 3 is 2.50 bits per heavy atom. The smallest absolute Gasteiger partial charge is 0.262 e. The molecule has 122 valence electrons. The highest BCUT2D eigenvalue weighted by atomic mass is 16.3. The second kappa shape index (κ2) is 7.47. The summed E-state index contributed by atoms with van der Waals surface area (Å²) in [5.74, 6) is -0.280. The van der Waals surface area contributed by atoms with Gasteiger partial charge in [0.25, 0.3) is 5.91 Å². The molecule has 0 aromatic heterocycles. The molecule has 0 saturated carbocycles. The first-order chi connectivity index (χ1) is 11.4. The minimum absolute atomic E-state index is 0.0258. The Morgan fingerprint density at radius 1 is 1.21 bits per heavy atom. The quantitative estimate of drug-likeness (QED) is 0.665. The van der Waals surface area contributed by atoms with Gasteiger partial charge < -0.3 is 10.4 Å². The predicted molar refractivity (Wildman–Crippen MR) is 94.2 cm³/mol. The average Bonchev–Trinajstić information content (AvgIpc) is 2.56. The van der Waals surface area contributed by atoms with Crippen LogP contribution in [-0.2, 0) is 4.79 Å². The van der Waals surface area contributed by atoms with Crippen LogP contribution >= 0.6 is 0 Å². The second-order valence-corrected chi connectivity index (χ2v) is 5.82. The van der Waals surface area contributed by atoms with Crippen molar-refractivity contribution < 1.29 is 9.90 Å². The molecule has 0 heterocycles. The number of nitrogens with zero attached hydrogens (tertiary/aromatic N) is 1. The number of phenolic OH excluding ortho intramolecular Hbond substituents is 1. The molecule has 4 heteroatoms. The van der Waals surface area contributed by atoms with E-state index in [1.54, 1.807) is 12.1 Å². The Hall–Kier alpha value is -3.06.